The predicted molar refractivity (Wildman–Crippen MR) is 73.8 cm³/mol. The van der Waals surface area contributed by atoms with Crippen LogP contribution in [0.15, 0.2) is 33.3 Å². The van der Waals surface area contributed by atoms with Gasteiger partial charge in [0, 0.05) is 10.0 Å². The Balaban J connectivity index is 2.23. The van der Waals surface area contributed by atoms with Gasteiger partial charge in [0.2, 0.25) is 11.7 Å². The van der Waals surface area contributed by atoms with Crippen molar-refractivity contribution in [3.05, 3.63) is 34.6 Å². The van der Waals surface area contributed by atoms with Crippen LogP contribution in [-0.4, -0.2) is 10.1 Å². The summed E-state index contributed by atoms with van der Waals surface area (Å²) < 4.78 is 6.17. The molecule has 96 valence electrons. The molecule has 1 heterocycles. The van der Waals surface area contributed by atoms with Crippen LogP contribution < -0.4 is 5.73 Å². The number of hydrogen-bond acceptors (Lipinski definition) is 4. The van der Waals surface area contributed by atoms with Crippen LogP contribution in [0.25, 0.3) is 11.4 Å². The zero-order chi connectivity index (χ0) is 13.1. The van der Waals surface area contributed by atoms with E-state index in [-0.39, 0.29) is 6.04 Å². The Morgan fingerprint density at radius 3 is 2.72 bits per heavy atom. The maximum atomic E-state index is 6.02. The second kappa shape index (κ2) is 5.63. The molecule has 18 heavy (non-hydrogen) atoms. The first kappa shape index (κ1) is 13.2. The number of aromatic nitrogens is 2. The van der Waals surface area contributed by atoms with Crippen LogP contribution in [0.1, 0.15) is 32.2 Å². The summed E-state index contributed by atoms with van der Waals surface area (Å²) in [7, 11) is 0. The molecule has 0 saturated carbocycles. The lowest BCUT2D eigenvalue weighted by Gasteiger charge is -2.08. The summed E-state index contributed by atoms with van der Waals surface area (Å²) in [5.41, 5.74) is 6.92. The lowest BCUT2D eigenvalue weighted by Crippen LogP contribution is -2.13. The maximum absolute atomic E-state index is 6.02. The van der Waals surface area contributed by atoms with Crippen LogP contribution >= 0.6 is 15.9 Å². The molecular weight excluding hydrogens is 294 g/mol. The Hall–Kier alpha value is -1.20. The minimum atomic E-state index is -0.200. The van der Waals surface area contributed by atoms with Gasteiger partial charge in [0.05, 0.1) is 6.04 Å². The van der Waals surface area contributed by atoms with Crippen LogP contribution in [0.5, 0.6) is 0 Å². The molecule has 0 unspecified atom stereocenters. The fourth-order valence-electron chi connectivity index (χ4n) is 1.75. The van der Waals surface area contributed by atoms with E-state index < -0.39 is 0 Å². The fourth-order valence-corrected chi connectivity index (χ4v) is 2.21. The van der Waals surface area contributed by atoms with E-state index in [1.165, 1.54) is 0 Å². The summed E-state index contributed by atoms with van der Waals surface area (Å²) in [5.74, 6) is 1.56. The first-order valence-corrected chi connectivity index (χ1v) is 6.71. The smallest absolute Gasteiger partial charge is 0.243 e. The number of halogens is 1. The number of nitrogens with zero attached hydrogens (tertiary/aromatic N) is 2. The van der Waals surface area contributed by atoms with E-state index in [0.717, 1.165) is 16.5 Å². The van der Waals surface area contributed by atoms with Crippen molar-refractivity contribution < 1.29 is 4.52 Å². The normalized spacial score (nSPS) is 12.9. The molecule has 0 radical (unpaired) electrons. The molecule has 0 amide bonds. The lowest BCUT2D eigenvalue weighted by molar-refractivity contribution is 0.335. The molecule has 0 fully saturated rings. The van der Waals surface area contributed by atoms with E-state index in [2.05, 4.69) is 39.9 Å². The molecule has 0 saturated heterocycles. The fraction of sp³-hybridized carbons (Fsp3) is 0.385. The van der Waals surface area contributed by atoms with E-state index in [4.69, 9.17) is 10.3 Å². The van der Waals surface area contributed by atoms with Crippen LogP contribution in [-0.2, 0) is 0 Å². The summed E-state index contributed by atoms with van der Waals surface area (Å²) in [6.45, 7) is 4.23. The molecule has 1 atom stereocenters. The highest BCUT2D eigenvalue weighted by Crippen LogP contribution is 2.27. The molecule has 1 aromatic carbocycles. The van der Waals surface area contributed by atoms with Crippen molar-refractivity contribution in [3.8, 4) is 11.4 Å². The minimum absolute atomic E-state index is 0.200. The second-order valence-corrected chi connectivity index (χ2v) is 5.53. The second-order valence-electron chi connectivity index (χ2n) is 4.67. The Bertz CT molecular complexity index is 524. The Kier molecular flexibility index (Phi) is 4.14. The molecule has 2 rings (SSSR count). The van der Waals surface area contributed by atoms with Crippen LogP contribution in [0.3, 0.4) is 0 Å². The molecule has 1 aromatic heterocycles. The Morgan fingerprint density at radius 2 is 2.06 bits per heavy atom. The highest BCUT2D eigenvalue weighted by Gasteiger charge is 2.17. The van der Waals surface area contributed by atoms with Gasteiger partial charge in [-0.3, -0.25) is 0 Å². The van der Waals surface area contributed by atoms with Crippen LogP contribution in [0, 0.1) is 5.92 Å². The lowest BCUT2D eigenvalue weighted by atomic mass is 10.0. The van der Waals surface area contributed by atoms with Crippen molar-refractivity contribution in [2.24, 2.45) is 11.7 Å². The van der Waals surface area contributed by atoms with Gasteiger partial charge >= 0.3 is 0 Å². The monoisotopic (exact) mass is 309 g/mol. The topological polar surface area (TPSA) is 64.9 Å². The van der Waals surface area contributed by atoms with Crippen molar-refractivity contribution in [1.29, 1.82) is 0 Å². The Labute approximate surface area is 115 Å². The van der Waals surface area contributed by atoms with Gasteiger partial charge in [-0.1, -0.05) is 47.1 Å². The van der Waals surface area contributed by atoms with Crippen LogP contribution in [0.2, 0.25) is 0 Å². The van der Waals surface area contributed by atoms with Gasteiger partial charge in [-0.25, -0.2) is 0 Å². The third kappa shape index (κ3) is 2.97. The molecule has 5 heteroatoms. The summed E-state index contributed by atoms with van der Waals surface area (Å²) in [6, 6.07) is 7.56. The molecule has 2 aromatic rings. The third-order valence-corrected chi connectivity index (χ3v) is 3.29. The minimum Gasteiger partial charge on any atom is -0.337 e. The summed E-state index contributed by atoms with van der Waals surface area (Å²) >= 11 is 3.47. The van der Waals surface area contributed by atoms with Crippen molar-refractivity contribution in [2.45, 2.75) is 26.3 Å². The first-order valence-electron chi connectivity index (χ1n) is 5.92. The summed E-state index contributed by atoms with van der Waals surface area (Å²) in [4.78, 5) is 4.36. The molecule has 4 nitrogen and oxygen atoms in total. The summed E-state index contributed by atoms with van der Waals surface area (Å²) in [6.07, 6.45) is 0.831. The first-order chi connectivity index (χ1) is 8.58. The molecule has 0 aliphatic carbocycles. The molecule has 0 aliphatic heterocycles. The van der Waals surface area contributed by atoms with Crippen molar-refractivity contribution in [1.82, 2.24) is 10.1 Å². The van der Waals surface area contributed by atoms with Gasteiger partial charge in [-0.2, -0.15) is 4.98 Å². The number of nitrogens with two attached hydrogens (primary N) is 1. The predicted octanol–water partition coefficient (Wildman–Crippen LogP) is 3.55. The van der Waals surface area contributed by atoms with Gasteiger partial charge in [-0.15, -0.1) is 0 Å². The van der Waals surface area contributed by atoms with Gasteiger partial charge in [0.15, 0.2) is 0 Å². The number of benzene rings is 1. The van der Waals surface area contributed by atoms with Gasteiger partial charge in [0.25, 0.3) is 0 Å². The van der Waals surface area contributed by atoms with Crippen molar-refractivity contribution in [3.63, 3.8) is 0 Å². The van der Waals surface area contributed by atoms with Gasteiger partial charge in [0.1, 0.15) is 0 Å². The summed E-state index contributed by atoms with van der Waals surface area (Å²) in [5, 5.41) is 3.98. The molecule has 0 aliphatic rings. The van der Waals surface area contributed by atoms with Crippen LogP contribution in [0.4, 0.5) is 0 Å². The average molecular weight is 310 g/mol. The van der Waals surface area contributed by atoms with E-state index in [0.29, 0.717) is 17.6 Å². The SMILES string of the molecule is CC(C)C[C@H](N)c1nc(-c2ccccc2Br)no1. The van der Waals surface area contributed by atoms with E-state index in [9.17, 15) is 0 Å². The van der Waals surface area contributed by atoms with Gasteiger partial charge < -0.3 is 10.3 Å². The third-order valence-electron chi connectivity index (χ3n) is 2.60. The maximum Gasteiger partial charge on any atom is 0.243 e. The van der Waals surface area contributed by atoms with E-state index in [1.54, 1.807) is 0 Å². The highest BCUT2D eigenvalue weighted by atomic mass is 79.9. The zero-order valence-corrected chi connectivity index (χ0v) is 12.0. The van der Waals surface area contributed by atoms with E-state index in [1.807, 2.05) is 24.3 Å². The molecule has 0 bridgehead atoms. The quantitative estimate of drug-likeness (QED) is 0.938. The Morgan fingerprint density at radius 1 is 1.33 bits per heavy atom. The molecular formula is C13H16BrN3O. The molecule has 0 spiro atoms. The molecule has 2 N–H and O–H groups in total. The largest absolute Gasteiger partial charge is 0.337 e. The highest BCUT2D eigenvalue weighted by molar-refractivity contribution is 9.10. The standard InChI is InChI=1S/C13H16BrN3O/c1-8(2)7-11(15)13-16-12(17-18-13)9-5-3-4-6-10(9)14/h3-6,8,11H,7,15H2,1-2H3/t11-/m0/s1. The van der Waals surface area contributed by atoms with Crippen molar-refractivity contribution >= 4 is 15.9 Å². The van der Waals surface area contributed by atoms with E-state index >= 15 is 0 Å². The number of rotatable bonds is 4. The van der Waals surface area contributed by atoms with Gasteiger partial charge in [-0.05, 0) is 24.5 Å². The zero-order valence-electron chi connectivity index (χ0n) is 10.4. The van der Waals surface area contributed by atoms with Crippen molar-refractivity contribution in [2.75, 3.05) is 0 Å². The average Bonchev–Trinajstić information content (AvgIpc) is 2.78. The number of hydrogen-bond donors (Lipinski definition) is 1.